The summed E-state index contributed by atoms with van der Waals surface area (Å²) in [6, 6.07) is 5.89. The summed E-state index contributed by atoms with van der Waals surface area (Å²) in [6.07, 6.45) is 0. The first-order valence-electron chi connectivity index (χ1n) is 6.35. The summed E-state index contributed by atoms with van der Waals surface area (Å²) in [5, 5.41) is 2.58. The molecule has 21 heavy (non-hydrogen) atoms. The fourth-order valence-electron chi connectivity index (χ4n) is 1.96. The average Bonchev–Trinajstić information content (AvgIpc) is 2.66. The molecular weight excluding hydrogens is 274 g/mol. The van der Waals surface area contributed by atoms with Crippen molar-refractivity contribution in [3.05, 3.63) is 29.8 Å². The molecule has 1 aromatic rings. The maximum Gasteiger partial charge on any atom is 0.327 e. The first kappa shape index (κ1) is 14.7. The minimum atomic E-state index is -0.484. The van der Waals surface area contributed by atoms with Gasteiger partial charge in [-0.1, -0.05) is 0 Å². The third-order valence-corrected chi connectivity index (χ3v) is 3.11. The van der Waals surface area contributed by atoms with Gasteiger partial charge in [0.15, 0.2) is 5.78 Å². The van der Waals surface area contributed by atoms with Gasteiger partial charge in [-0.3, -0.25) is 19.3 Å². The molecule has 1 N–H and O–H groups in total. The van der Waals surface area contributed by atoms with Gasteiger partial charge >= 0.3 is 6.03 Å². The topological polar surface area (TPSA) is 86.8 Å². The predicted molar refractivity (Wildman–Crippen MR) is 74.8 cm³/mol. The van der Waals surface area contributed by atoms with Crippen molar-refractivity contribution < 1.29 is 19.2 Å². The van der Waals surface area contributed by atoms with Crippen LogP contribution in [0.25, 0.3) is 0 Å². The Bertz CT molecular complexity index is 609. The monoisotopic (exact) mass is 289 g/mol. The van der Waals surface area contributed by atoms with Crippen LogP contribution in [0.3, 0.4) is 0 Å². The van der Waals surface area contributed by atoms with E-state index in [1.807, 2.05) is 0 Å². The van der Waals surface area contributed by atoms with E-state index in [2.05, 4.69) is 5.32 Å². The van der Waals surface area contributed by atoms with Crippen LogP contribution < -0.4 is 5.32 Å². The minimum absolute atomic E-state index is 0.0145. The van der Waals surface area contributed by atoms with Crippen LogP contribution in [0.1, 0.15) is 17.3 Å². The number of hydrogen-bond acceptors (Lipinski definition) is 4. The molecule has 0 atom stereocenters. The van der Waals surface area contributed by atoms with E-state index in [-0.39, 0.29) is 18.9 Å². The van der Waals surface area contributed by atoms with Gasteiger partial charge in [0.1, 0.15) is 13.1 Å². The molecule has 110 valence electrons. The molecule has 0 aliphatic carbocycles. The van der Waals surface area contributed by atoms with Crippen LogP contribution in [0.4, 0.5) is 10.5 Å². The van der Waals surface area contributed by atoms with Crippen molar-refractivity contribution in [2.45, 2.75) is 6.92 Å². The van der Waals surface area contributed by atoms with Gasteiger partial charge in [-0.15, -0.1) is 0 Å². The quantitative estimate of drug-likeness (QED) is 0.653. The van der Waals surface area contributed by atoms with E-state index in [4.69, 9.17) is 0 Å². The summed E-state index contributed by atoms with van der Waals surface area (Å²) < 4.78 is 0. The Morgan fingerprint density at radius 1 is 1.19 bits per heavy atom. The fourth-order valence-corrected chi connectivity index (χ4v) is 1.96. The molecule has 0 unspecified atom stereocenters. The lowest BCUT2D eigenvalue weighted by atomic mass is 10.1. The molecule has 1 aliphatic heterocycles. The van der Waals surface area contributed by atoms with Crippen LogP contribution in [-0.2, 0) is 9.59 Å². The number of rotatable bonds is 4. The third-order valence-electron chi connectivity index (χ3n) is 3.11. The summed E-state index contributed by atoms with van der Waals surface area (Å²) >= 11 is 0. The van der Waals surface area contributed by atoms with E-state index in [1.54, 1.807) is 24.3 Å². The zero-order chi connectivity index (χ0) is 15.6. The fraction of sp³-hybridized carbons (Fsp3) is 0.286. The SMILES string of the molecule is CC(=O)c1ccc(NC(=O)CN2C(=O)CN(C)C2=O)cc1. The van der Waals surface area contributed by atoms with Crippen LogP contribution in [0.2, 0.25) is 0 Å². The van der Waals surface area contributed by atoms with Gasteiger partial charge in [-0.2, -0.15) is 0 Å². The van der Waals surface area contributed by atoms with Crippen molar-refractivity contribution in [3.8, 4) is 0 Å². The average molecular weight is 289 g/mol. The number of nitrogens with one attached hydrogen (secondary N) is 1. The number of carbonyl (C=O) groups is 4. The molecule has 0 aromatic heterocycles. The summed E-state index contributed by atoms with van der Waals surface area (Å²) in [4.78, 5) is 48.3. The molecule has 0 spiro atoms. The summed E-state index contributed by atoms with van der Waals surface area (Å²) in [6.45, 7) is 1.12. The molecule has 0 radical (unpaired) electrons. The second-order valence-electron chi connectivity index (χ2n) is 4.80. The Morgan fingerprint density at radius 2 is 1.81 bits per heavy atom. The highest BCUT2D eigenvalue weighted by Gasteiger charge is 2.34. The second-order valence-corrected chi connectivity index (χ2v) is 4.80. The van der Waals surface area contributed by atoms with Gasteiger partial charge in [-0.05, 0) is 31.2 Å². The highest BCUT2D eigenvalue weighted by atomic mass is 16.2. The molecule has 1 aliphatic rings. The molecule has 0 saturated carbocycles. The Hall–Kier alpha value is -2.70. The molecule has 0 bridgehead atoms. The normalized spacial score (nSPS) is 14.6. The lowest BCUT2D eigenvalue weighted by Crippen LogP contribution is -2.38. The number of imide groups is 1. The number of Topliss-reactive ketones (excluding diaryl/α,β-unsaturated/α-hetero) is 1. The lowest BCUT2D eigenvalue weighted by Gasteiger charge is -2.13. The van der Waals surface area contributed by atoms with Gasteiger partial charge < -0.3 is 10.2 Å². The van der Waals surface area contributed by atoms with Gasteiger partial charge in [0, 0.05) is 18.3 Å². The van der Waals surface area contributed by atoms with Gasteiger partial charge in [0.2, 0.25) is 5.91 Å². The largest absolute Gasteiger partial charge is 0.327 e. The number of ketones is 1. The van der Waals surface area contributed by atoms with E-state index < -0.39 is 17.8 Å². The van der Waals surface area contributed by atoms with Crippen molar-refractivity contribution in [2.75, 3.05) is 25.5 Å². The molecule has 1 fully saturated rings. The Morgan fingerprint density at radius 3 is 2.29 bits per heavy atom. The van der Waals surface area contributed by atoms with Crippen LogP contribution in [-0.4, -0.2) is 53.6 Å². The number of amides is 4. The van der Waals surface area contributed by atoms with E-state index in [1.165, 1.54) is 18.9 Å². The van der Waals surface area contributed by atoms with E-state index in [0.29, 0.717) is 11.3 Å². The molecular formula is C14H15N3O4. The molecule has 1 aromatic carbocycles. The maximum absolute atomic E-state index is 11.8. The van der Waals surface area contributed by atoms with E-state index >= 15 is 0 Å². The standard InChI is InChI=1S/C14H15N3O4/c1-9(18)10-3-5-11(6-4-10)15-12(19)7-17-13(20)8-16(2)14(17)21/h3-6H,7-8H2,1-2H3,(H,15,19). The second kappa shape index (κ2) is 5.74. The number of hydrogen-bond donors (Lipinski definition) is 1. The van der Waals surface area contributed by atoms with Crippen molar-refractivity contribution in [1.82, 2.24) is 9.80 Å². The predicted octanol–water partition coefficient (Wildman–Crippen LogP) is 0.722. The van der Waals surface area contributed by atoms with Crippen LogP contribution in [0, 0.1) is 0 Å². The van der Waals surface area contributed by atoms with E-state index in [0.717, 1.165) is 4.90 Å². The van der Waals surface area contributed by atoms with Crippen LogP contribution in [0.5, 0.6) is 0 Å². The molecule has 7 heteroatoms. The highest BCUT2D eigenvalue weighted by Crippen LogP contribution is 2.11. The molecule has 1 saturated heterocycles. The smallest absolute Gasteiger partial charge is 0.325 e. The Balaban J connectivity index is 1.97. The molecule has 7 nitrogen and oxygen atoms in total. The van der Waals surface area contributed by atoms with E-state index in [9.17, 15) is 19.2 Å². The number of nitrogens with zero attached hydrogens (tertiary/aromatic N) is 2. The van der Waals surface area contributed by atoms with Gasteiger partial charge in [0.05, 0.1) is 0 Å². The van der Waals surface area contributed by atoms with Crippen LogP contribution >= 0.6 is 0 Å². The third kappa shape index (κ3) is 3.25. The highest BCUT2D eigenvalue weighted by molar-refractivity contribution is 6.06. The minimum Gasteiger partial charge on any atom is -0.325 e. The summed E-state index contributed by atoms with van der Waals surface area (Å²) in [5.41, 5.74) is 1.04. The zero-order valence-corrected chi connectivity index (χ0v) is 11.8. The number of urea groups is 1. The maximum atomic E-state index is 11.8. The van der Waals surface area contributed by atoms with Crippen LogP contribution in [0.15, 0.2) is 24.3 Å². The first-order valence-corrected chi connectivity index (χ1v) is 6.35. The van der Waals surface area contributed by atoms with Crippen molar-refractivity contribution in [2.24, 2.45) is 0 Å². The van der Waals surface area contributed by atoms with Gasteiger partial charge in [-0.25, -0.2) is 4.79 Å². The summed E-state index contributed by atoms with van der Waals surface area (Å²) in [7, 11) is 1.50. The zero-order valence-electron chi connectivity index (χ0n) is 11.8. The number of likely N-dealkylation sites (N-methyl/N-ethyl adjacent to an activating group) is 1. The number of carbonyl (C=O) groups excluding carboxylic acids is 4. The first-order chi connectivity index (χ1) is 9.88. The Labute approximate surface area is 121 Å². The molecule has 2 rings (SSSR count). The van der Waals surface area contributed by atoms with Gasteiger partial charge in [0.25, 0.3) is 5.91 Å². The van der Waals surface area contributed by atoms with Crippen molar-refractivity contribution >= 4 is 29.3 Å². The Kier molecular flexibility index (Phi) is 4.02. The van der Waals surface area contributed by atoms with Crippen molar-refractivity contribution in [3.63, 3.8) is 0 Å². The molecule has 1 heterocycles. The number of anilines is 1. The van der Waals surface area contributed by atoms with Crippen molar-refractivity contribution in [1.29, 1.82) is 0 Å². The lowest BCUT2D eigenvalue weighted by molar-refractivity contribution is -0.129. The number of benzene rings is 1. The summed E-state index contributed by atoms with van der Waals surface area (Å²) in [5.74, 6) is -0.934. The molecule has 4 amide bonds.